The molecule has 0 radical (unpaired) electrons. The van der Waals surface area contributed by atoms with E-state index < -0.39 is 5.91 Å². The molecule has 0 spiro atoms. The molecule has 2 aromatic carbocycles. The van der Waals surface area contributed by atoms with Crippen molar-refractivity contribution >= 4 is 23.6 Å². The summed E-state index contributed by atoms with van der Waals surface area (Å²) in [4.78, 5) is 25.3. The Morgan fingerprint density at radius 2 is 1.70 bits per heavy atom. The van der Waals surface area contributed by atoms with Gasteiger partial charge in [-0.15, -0.1) is 0 Å². The smallest absolute Gasteiger partial charge is 0.272 e. The van der Waals surface area contributed by atoms with Crippen molar-refractivity contribution in [3.05, 3.63) is 95.1 Å². The van der Waals surface area contributed by atoms with Crippen LogP contribution in [0.25, 0.3) is 6.08 Å². The molecule has 2 amide bonds. The SMILES string of the molecule is Cc1ccc(C(=O)NC(=Cc2ccco2)C(=O)Nc2ccccc2)cc1C. The highest BCUT2D eigenvalue weighted by atomic mass is 16.3. The van der Waals surface area contributed by atoms with Gasteiger partial charge < -0.3 is 15.1 Å². The van der Waals surface area contributed by atoms with Gasteiger partial charge in [0.15, 0.2) is 0 Å². The number of anilines is 1. The third kappa shape index (κ3) is 4.73. The molecule has 1 aromatic heterocycles. The quantitative estimate of drug-likeness (QED) is 0.666. The number of aryl methyl sites for hydroxylation is 2. The molecule has 2 N–H and O–H groups in total. The van der Waals surface area contributed by atoms with Crippen molar-refractivity contribution in [2.24, 2.45) is 0 Å². The van der Waals surface area contributed by atoms with Crippen molar-refractivity contribution in [2.75, 3.05) is 5.32 Å². The van der Waals surface area contributed by atoms with Crippen LogP contribution < -0.4 is 10.6 Å². The van der Waals surface area contributed by atoms with Crippen molar-refractivity contribution in [1.29, 1.82) is 0 Å². The number of rotatable bonds is 5. The minimum Gasteiger partial charge on any atom is -0.465 e. The zero-order valence-corrected chi connectivity index (χ0v) is 15.2. The molecule has 27 heavy (non-hydrogen) atoms. The molecule has 5 nitrogen and oxygen atoms in total. The molecule has 3 aromatic rings. The second-order valence-electron chi connectivity index (χ2n) is 6.15. The predicted octanol–water partition coefficient (Wildman–Crippen LogP) is 4.31. The Hall–Kier alpha value is -3.60. The van der Waals surface area contributed by atoms with Crippen LogP contribution in [0, 0.1) is 13.8 Å². The van der Waals surface area contributed by atoms with Gasteiger partial charge in [0.25, 0.3) is 11.8 Å². The third-order valence-electron chi connectivity index (χ3n) is 4.12. The van der Waals surface area contributed by atoms with Gasteiger partial charge in [0.2, 0.25) is 0 Å². The van der Waals surface area contributed by atoms with Crippen molar-refractivity contribution in [1.82, 2.24) is 5.32 Å². The van der Waals surface area contributed by atoms with E-state index in [1.165, 1.54) is 12.3 Å². The minimum absolute atomic E-state index is 0.0945. The van der Waals surface area contributed by atoms with Crippen molar-refractivity contribution < 1.29 is 14.0 Å². The van der Waals surface area contributed by atoms with Crippen LogP contribution in [-0.2, 0) is 4.79 Å². The largest absolute Gasteiger partial charge is 0.465 e. The van der Waals surface area contributed by atoms with Gasteiger partial charge in [-0.3, -0.25) is 9.59 Å². The fraction of sp³-hybridized carbons (Fsp3) is 0.0909. The lowest BCUT2D eigenvalue weighted by Gasteiger charge is -2.11. The first-order valence-corrected chi connectivity index (χ1v) is 8.53. The maximum absolute atomic E-state index is 12.7. The van der Waals surface area contributed by atoms with Gasteiger partial charge in [-0.2, -0.15) is 0 Å². The molecule has 0 saturated heterocycles. The lowest BCUT2D eigenvalue weighted by atomic mass is 10.1. The van der Waals surface area contributed by atoms with Crippen molar-refractivity contribution in [3.63, 3.8) is 0 Å². The highest BCUT2D eigenvalue weighted by molar-refractivity contribution is 6.10. The molecule has 0 unspecified atom stereocenters. The minimum atomic E-state index is -0.435. The van der Waals surface area contributed by atoms with Gasteiger partial charge in [0, 0.05) is 17.3 Å². The van der Waals surface area contributed by atoms with Gasteiger partial charge in [0.1, 0.15) is 11.5 Å². The Bertz CT molecular complexity index is 974. The molecule has 0 aliphatic rings. The summed E-state index contributed by atoms with van der Waals surface area (Å²) in [5, 5.41) is 5.46. The molecule has 3 rings (SSSR count). The Kier molecular flexibility index (Phi) is 5.52. The zero-order valence-electron chi connectivity index (χ0n) is 15.2. The number of amides is 2. The topological polar surface area (TPSA) is 71.3 Å². The van der Waals surface area contributed by atoms with Gasteiger partial charge in [-0.05, 0) is 61.4 Å². The Labute approximate surface area is 157 Å². The average Bonchev–Trinajstić information content (AvgIpc) is 3.17. The first-order chi connectivity index (χ1) is 13.0. The molecular weight excluding hydrogens is 340 g/mol. The van der Waals surface area contributed by atoms with E-state index in [0.717, 1.165) is 11.1 Å². The van der Waals surface area contributed by atoms with Gasteiger partial charge in [-0.25, -0.2) is 0 Å². The lowest BCUT2D eigenvalue weighted by Crippen LogP contribution is -2.30. The van der Waals surface area contributed by atoms with Crippen LogP contribution in [0.2, 0.25) is 0 Å². The van der Waals surface area contributed by atoms with Gasteiger partial charge in [0.05, 0.1) is 6.26 Å². The second-order valence-corrected chi connectivity index (χ2v) is 6.15. The van der Waals surface area contributed by atoms with Crippen LogP contribution in [0.1, 0.15) is 27.2 Å². The number of hydrogen-bond donors (Lipinski definition) is 2. The van der Waals surface area contributed by atoms with Crippen LogP contribution in [-0.4, -0.2) is 11.8 Å². The monoisotopic (exact) mass is 360 g/mol. The lowest BCUT2D eigenvalue weighted by molar-refractivity contribution is -0.113. The summed E-state index contributed by atoms with van der Waals surface area (Å²) >= 11 is 0. The van der Waals surface area contributed by atoms with E-state index in [1.807, 2.05) is 38.1 Å². The molecular formula is C22H20N2O3. The predicted molar refractivity (Wildman–Crippen MR) is 105 cm³/mol. The summed E-state index contributed by atoms with van der Waals surface area (Å²) in [6.07, 6.45) is 3.00. The molecule has 5 heteroatoms. The normalized spacial score (nSPS) is 11.1. The van der Waals surface area contributed by atoms with Crippen LogP contribution >= 0.6 is 0 Å². The summed E-state index contributed by atoms with van der Waals surface area (Å²) in [7, 11) is 0. The van der Waals surface area contributed by atoms with Crippen molar-refractivity contribution in [3.8, 4) is 0 Å². The van der Waals surface area contributed by atoms with E-state index >= 15 is 0 Å². The van der Waals surface area contributed by atoms with Crippen LogP contribution in [0.4, 0.5) is 5.69 Å². The molecule has 0 aliphatic heterocycles. The van der Waals surface area contributed by atoms with E-state index in [4.69, 9.17) is 4.42 Å². The summed E-state index contributed by atoms with van der Waals surface area (Å²) in [5.41, 5.74) is 3.31. The fourth-order valence-electron chi connectivity index (χ4n) is 2.47. The van der Waals surface area contributed by atoms with E-state index in [9.17, 15) is 9.59 Å². The fourth-order valence-corrected chi connectivity index (χ4v) is 2.47. The van der Waals surface area contributed by atoms with Gasteiger partial charge in [-0.1, -0.05) is 24.3 Å². The number of benzene rings is 2. The molecule has 0 aliphatic carbocycles. The Morgan fingerprint density at radius 1 is 0.926 bits per heavy atom. The van der Waals surface area contributed by atoms with E-state index in [-0.39, 0.29) is 11.6 Å². The summed E-state index contributed by atoms with van der Waals surface area (Å²) in [6, 6.07) is 17.9. The summed E-state index contributed by atoms with van der Waals surface area (Å²) < 4.78 is 5.28. The van der Waals surface area contributed by atoms with Crippen LogP contribution in [0.5, 0.6) is 0 Å². The van der Waals surface area contributed by atoms with Crippen LogP contribution in [0.3, 0.4) is 0 Å². The molecule has 0 fully saturated rings. The average molecular weight is 360 g/mol. The highest BCUT2D eigenvalue weighted by Crippen LogP contribution is 2.13. The second kappa shape index (κ2) is 8.19. The first-order valence-electron chi connectivity index (χ1n) is 8.53. The van der Waals surface area contributed by atoms with E-state index in [0.29, 0.717) is 17.0 Å². The number of nitrogens with one attached hydrogen (secondary N) is 2. The number of carbonyl (C=O) groups excluding carboxylic acids is 2. The Morgan fingerprint density at radius 3 is 2.37 bits per heavy atom. The maximum Gasteiger partial charge on any atom is 0.272 e. The molecule has 0 atom stereocenters. The van der Waals surface area contributed by atoms with E-state index in [2.05, 4.69) is 10.6 Å². The summed E-state index contributed by atoms with van der Waals surface area (Å²) in [6.45, 7) is 3.92. The zero-order chi connectivity index (χ0) is 19.2. The Balaban J connectivity index is 1.84. The first kappa shape index (κ1) is 18.2. The standard InChI is InChI=1S/C22H20N2O3/c1-15-10-11-17(13-16(15)2)21(25)24-20(14-19-9-6-12-27-19)22(26)23-18-7-4-3-5-8-18/h3-14H,1-2H3,(H,23,26)(H,24,25). The number of hydrogen-bond acceptors (Lipinski definition) is 3. The number of carbonyl (C=O) groups is 2. The maximum atomic E-state index is 12.7. The number of para-hydroxylation sites is 1. The van der Waals surface area contributed by atoms with Gasteiger partial charge >= 0.3 is 0 Å². The molecule has 0 bridgehead atoms. The van der Waals surface area contributed by atoms with Crippen LogP contribution in [0.15, 0.2) is 77.0 Å². The third-order valence-corrected chi connectivity index (χ3v) is 4.12. The number of furan rings is 1. The highest BCUT2D eigenvalue weighted by Gasteiger charge is 2.16. The molecule has 136 valence electrons. The molecule has 1 heterocycles. The summed E-state index contributed by atoms with van der Waals surface area (Å²) in [5.74, 6) is -0.331. The van der Waals surface area contributed by atoms with Crippen molar-refractivity contribution in [2.45, 2.75) is 13.8 Å². The van der Waals surface area contributed by atoms with E-state index in [1.54, 1.807) is 36.4 Å². The molecule has 0 saturated carbocycles.